The highest BCUT2D eigenvalue weighted by Crippen LogP contribution is 2.35. The Morgan fingerprint density at radius 2 is 1.95 bits per heavy atom. The van der Waals surface area contributed by atoms with Crippen molar-refractivity contribution in [1.82, 2.24) is 5.32 Å². The topological polar surface area (TPSA) is 66.4 Å². The average molecular weight is 301 g/mol. The van der Waals surface area contributed by atoms with Crippen LogP contribution in [0.25, 0.3) is 0 Å². The lowest BCUT2D eigenvalue weighted by atomic mass is 9.79. The molecule has 2 aliphatic rings. The number of fused-ring (bicyclic) bond motifs is 1. The van der Waals surface area contributed by atoms with E-state index in [2.05, 4.69) is 17.4 Å². The molecule has 118 valence electrons. The number of rotatable bonds is 5. The predicted octanol–water partition coefficient (Wildman–Crippen LogP) is 2.87. The molecular formula is C18H23NO3. The summed E-state index contributed by atoms with van der Waals surface area (Å²) in [6.07, 6.45) is 6.51. The van der Waals surface area contributed by atoms with E-state index in [4.69, 9.17) is 0 Å². The van der Waals surface area contributed by atoms with Gasteiger partial charge >= 0.3 is 5.97 Å². The van der Waals surface area contributed by atoms with E-state index >= 15 is 0 Å². The quantitative estimate of drug-likeness (QED) is 0.879. The molecule has 1 aromatic carbocycles. The van der Waals surface area contributed by atoms with Crippen LogP contribution in [0.15, 0.2) is 24.3 Å². The molecule has 0 heterocycles. The summed E-state index contributed by atoms with van der Waals surface area (Å²) in [5.41, 5.74) is 2.59. The molecule has 2 N–H and O–H groups in total. The summed E-state index contributed by atoms with van der Waals surface area (Å²) in [5.74, 6) is -0.744. The molecule has 2 unspecified atom stereocenters. The minimum absolute atomic E-state index is 0.0282. The van der Waals surface area contributed by atoms with Crippen LogP contribution in [-0.4, -0.2) is 23.0 Å². The van der Waals surface area contributed by atoms with Crippen molar-refractivity contribution in [1.29, 1.82) is 0 Å². The largest absolute Gasteiger partial charge is 0.480 e. The molecule has 1 amide bonds. The van der Waals surface area contributed by atoms with Crippen molar-refractivity contribution in [3.8, 4) is 0 Å². The van der Waals surface area contributed by atoms with Gasteiger partial charge in [-0.2, -0.15) is 0 Å². The molecule has 1 fully saturated rings. The summed E-state index contributed by atoms with van der Waals surface area (Å²) in [6, 6.07) is 7.51. The van der Waals surface area contributed by atoms with Gasteiger partial charge in [0.05, 0.1) is 0 Å². The summed E-state index contributed by atoms with van der Waals surface area (Å²) in [5, 5.41) is 12.2. The van der Waals surface area contributed by atoms with E-state index in [0.29, 0.717) is 6.42 Å². The number of carbonyl (C=O) groups is 2. The second-order valence-corrected chi connectivity index (χ2v) is 6.55. The van der Waals surface area contributed by atoms with Crippen LogP contribution in [0.5, 0.6) is 0 Å². The van der Waals surface area contributed by atoms with Crippen LogP contribution < -0.4 is 5.32 Å². The van der Waals surface area contributed by atoms with E-state index in [1.807, 2.05) is 12.1 Å². The van der Waals surface area contributed by atoms with Gasteiger partial charge in [-0.25, -0.2) is 4.79 Å². The first kappa shape index (κ1) is 15.1. The lowest BCUT2D eigenvalue weighted by Crippen LogP contribution is -2.46. The van der Waals surface area contributed by atoms with E-state index in [1.165, 1.54) is 11.1 Å². The van der Waals surface area contributed by atoms with Crippen LogP contribution in [0.3, 0.4) is 0 Å². The molecule has 0 aromatic heterocycles. The van der Waals surface area contributed by atoms with Crippen LogP contribution in [0, 0.1) is 5.92 Å². The van der Waals surface area contributed by atoms with Crippen molar-refractivity contribution < 1.29 is 14.7 Å². The lowest BCUT2D eigenvalue weighted by molar-refractivity contribution is -0.143. The Kier molecular flexibility index (Phi) is 4.46. The predicted molar refractivity (Wildman–Crippen MR) is 83.6 cm³/mol. The molecule has 0 spiro atoms. The van der Waals surface area contributed by atoms with Gasteiger partial charge < -0.3 is 10.4 Å². The summed E-state index contributed by atoms with van der Waals surface area (Å²) in [6.45, 7) is 0. The Labute approximate surface area is 130 Å². The van der Waals surface area contributed by atoms with Crippen molar-refractivity contribution in [3.63, 3.8) is 0 Å². The van der Waals surface area contributed by atoms with E-state index in [0.717, 1.165) is 38.5 Å². The first-order valence-corrected chi connectivity index (χ1v) is 8.26. The highest BCUT2D eigenvalue weighted by Gasteiger charge is 2.31. The summed E-state index contributed by atoms with van der Waals surface area (Å²) < 4.78 is 0. The standard InChI is InChI=1S/C18H23NO3/c20-17(13-7-4-8-13)19-16(18(21)22)11-14-9-3-6-12-5-1-2-10-15(12)14/h1-2,5,10,13-14,16H,3-4,6-9,11H2,(H,19,20)(H,21,22). The number of benzene rings is 1. The third kappa shape index (κ3) is 3.16. The van der Waals surface area contributed by atoms with Crippen molar-refractivity contribution in [3.05, 3.63) is 35.4 Å². The Morgan fingerprint density at radius 3 is 2.64 bits per heavy atom. The number of aryl methyl sites for hydroxylation is 1. The second-order valence-electron chi connectivity index (χ2n) is 6.55. The minimum Gasteiger partial charge on any atom is -0.480 e. The molecule has 3 rings (SSSR count). The fourth-order valence-corrected chi connectivity index (χ4v) is 3.57. The molecule has 0 radical (unpaired) electrons. The number of carboxylic acid groups (broad SMARTS) is 1. The van der Waals surface area contributed by atoms with E-state index in [-0.39, 0.29) is 17.7 Å². The molecular weight excluding hydrogens is 278 g/mol. The van der Waals surface area contributed by atoms with Crippen LogP contribution in [-0.2, 0) is 16.0 Å². The van der Waals surface area contributed by atoms with Gasteiger partial charge in [0.15, 0.2) is 0 Å². The van der Waals surface area contributed by atoms with Gasteiger partial charge in [0.25, 0.3) is 0 Å². The number of aliphatic carboxylic acids is 1. The van der Waals surface area contributed by atoms with Crippen LogP contribution >= 0.6 is 0 Å². The fraction of sp³-hybridized carbons (Fsp3) is 0.556. The van der Waals surface area contributed by atoms with Gasteiger partial charge in [-0.3, -0.25) is 4.79 Å². The first-order valence-electron chi connectivity index (χ1n) is 8.26. The SMILES string of the molecule is O=C(NC(CC1CCCc2ccccc21)C(=O)O)C1CCC1. The molecule has 1 saturated carbocycles. The van der Waals surface area contributed by atoms with E-state index < -0.39 is 12.0 Å². The zero-order chi connectivity index (χ0) is 15.5. The maximum atomic E-state index is 12.1. The maximum absolute atomic E-state index is 12.1. The van der Waals surface area contributed by atoms with Gasteiger partial charge in [0.1, 0.15) is 6.04 Å². The van der Waals surface area contributed by atoms with Crippen LogP contribution in [0.4, 0.5) is 0 Å². The fourth-order valence-electron chi connectivity index (χ4n) is 3.57. The van der Waals surface area contributed by atoms with E-state index in [9.17, 15) is 14.7 Å². The summed E-state index contributed by atoms with van der Waals surface area (Å²) in [4.78, 5) is 23.6. The van der Waals surface area contributed by atoms with Crippen LogP contribution in [0.1, 0.15) is 55.6 Å². The van der Waals surface area contributed by atoms with Gasteiger partial charge in [0.2, 0.25) is 5.91 Å². The highest BCUT2D eigenvalue weighted by atomic mass is 16.4. The number of amides is 1. The molecule has 4 heteroatoms. The van der Waals surface area contributed by atoms with Gasteiger partial charge in [-0.05, 0) is 55.6 Å². The number of hydrogen-bond acceptors (Lipinski definition) is 2. The Hall–Kier alpha value is -1.84. The molecule has 4 nitrogen and oxygen atoms in total. The zero-order valence-corrected chi connectivity index (χ0v) is 12.8. The Morgan fingerprint density at radius 1 is 1.18 bits per heavy atom. The summed E-state index contributed by atoms with van der Waals surface area (Å²) >= 11 is 0. The first-order chi connectivity index (χ1) is 10.6. The van der Waals surface area contributed by atoms with Crippen molar-refractivity contribution >= 4 is 11.9 Å². The molecule has 0 bridgehead atoms. The molecule has 0 aliphatic heterocycles. The second kappa shape index (κ2) is 6.51. The molecule has 0 saturated heterocycles. The third-order valence-electron chi connectivity index (χ3n) is 5.10. The van der Waals surface area contributed by atoms with Crippen molar-refractivity contribution in [2.75, 3.05) is 0 Å². The van der Waals surface area contributed by atoms with Gasteiger partial charge in [-0.15, -0.1) is 0 Å². The third-order valence-corrected chi connectivity index (χ3v) is 5.10. The van der Waals surface area contributed by atoms with Gasteiger partial charge in [-0.1, -0.05) is 30.7 Å². The summed E-state index contributed by atoms with van der Waals surface area (Å²) in [7, 11) is 0. The monoisotopic (exact) mass is 301 g/mol. The molecule has 2 aliphatic carbocycles. The normalized spacial score (nSPS) is 22.3. The maximum Gasteiger partial charge on any atom is 0.326 e. The number of carbonyl (C=O) groups excluding carboxylic acids is 1. The molecule has 22 heavy (non-hydrogen) atoms. The average Bonchev–Trinajstić information content (AvgIpc) is 2.45. The minimum atomic E-state index is -0.921. The van der Waals surface area contributed by atoms with Crippen molar-refractivity contribution in [2.45, 2.75) is 56.9 Å². The number of carboxylic acids is 1. The number of nitrogens with one attached hydrogen (secondary N) is 1. The van der Waals surface area contributed by atoms with Gasteiger partial charge in [0, 0.05) is 5.92 Å². The molecule has 2 atom stereocenters. The van der Waals surface area contributed by atoms with Crippen molar-refractivity contribution in [2.24, 2.45) is 5.92 Å². The smallest absolute Gasteiger partial charge is 0.326 e. The Bertz CT molecular complexity index is 565. The van der Waals surface area contributed by atoms with Crippen LogP contribution in [0.2, 0.25) is 0 Å². The number of hydrogen-bond donors (Lipinski definition) is 2. The Balaban J connectivity index is 1.69. The zero-order valence-electron chi connectivity index (χ0n) is 12.8. The lowest BCUT2D eigenvalue weighted by Gasteiger charge is -2.30. The highest BCUT2D eigenvalue weighted by molar-refractivity contribution is 5.85. The molecule has 1 aromatic rings. The van der Waals surface area contributed by atoms with E-state index in [1.54, 1.807) is 0 Å².